The Morgan fingerprint density at radius 3 is 1.90 bits per heavy atom. The minimum atomic E-state index is -2.51. The average Bonchev–Trinajstić information content (AvgIpc) is 3.27. The molecule has 2 aliphatic heterocycles. The van der Waals surface area contributed by atoms with Crippen LogP contribution in [0.3, 0.4) is 0 Å². The molecule has 3 rings (SSSR count). The molecule has 0 unspecified atom stereocenters. The van der Waals surface area contributed by atoms with Gasteiger partial charge in [0.2, 0.25) is 12.1 Å². The zero-order chi connectivity index (χ0) is 36.5. The molecule has 2 aliphatic rings. The van der Waals surface area contributed by atoms with Gasteiger partial charge in [-0.1, -0.05) is 12.1 Å². The van der Waals surface area contributed by atoms with Crippen LogP contribution < -0.4 is 0 Å². The fourth-order valence-electron chi connectivity index (χ4n) is 4.99. The number of phenols is 1. The third kappa shape index (κ3) is 10.7. The van der Waals surface area contributed by atoms with Crippen LogP contribution in [0.25, 0.3) is 6.08 Å². The summed E-state index contributed by atoms with van der Waals surface area (Å²) in [6, 6.07) is 5.73. The second-order valence-corrected chi connectivity index (χ2v) is 10.9. The van der Waals surface area contributed by atoms with Gasteiger partial charge in [-0.05, 0) is 23.8 Å². The summed E-state index contributed by atoms with van der Waals surface area (Å²) in [5, 5.41) is 30.6. The van der Waals surface area contributed by atoms with Gasteiger partial charge in [0, 0.05) is 40.7 Å². The van der Waals surface area contributed by atoms with Gasteiger partial charge in [0.15, 0.2) is 24.4 Å². The summed E-state index contributed by atoms with van der Waals surface area (Å²) in [5.41, 5.74) is 0.478. The Kier molecular flexibility index (Phi) is 13.6. The van der Waals surface area contributed by atoms with Crippen LogP contribution in [0.2, 0.25) is 0 Å². The first-order valence-electron chi connectivity index (χ1n) is 14.8. The smallest absolute Gasteiger partial charge is 0.331 e. The van der Waals surface area contributed by atoms with Crippen molar-refractivity contribution in [2.24, 2.45) is 0 Å². The van der Waals surface area contributed by atoms with E-state index in [1.165, 1.54) is 30.3 Å². The number of phenolic OH excluding ortho intramolecular Hbond substituents is 1. The van der Waals surface area contributed by atoms with Gasteiger partial charge in [-0.2, -0.15) is 0 Å². The van der Waals surface area contributed by atoms with Gasteiger partial charge in [0.25, 0.3) is 0 Å². The number of rotatable bonds is 13. The summed E-state index contributed by atoms with van der Waals surface area (Å²) >= 11 is 0. The van der Waals surface area contributed by atoms with Crippen molar-refractivity contribution in [3.05, 3.63) is 35.9 Å². The van der Waals surface area contributed by atoms with Gasteiger partial charge in [-0.15, -0.1) is 0 Å². The second kappa shape index (κ2) is 17.2. The highest BCUT2D eigenvalue weighted by molar-refractivity contribution is 5.87. The first kappa shape index (κ1) is 38.8. The molecule has 2 heterocycles. The maximum atomic E-state index is 13.0. The summed E-state index contributed by atoms with van der Waals surface area (Å²) in [6.07, 6.45) is -11.3. The van der Waals surface area contributed by atoms with E-state index in [0.29, 0.717) is 5.56 Å². The van der Waals surface area contributed by atoms with E-state index in [0.717, 1.165) is 40.7 Å². The minimum absolute atomic E-state index is 0.0180. The van der Waals surface area contributed by atoms with Gasteiger partial charge in [0.05, 0.1) is 6.61 Å². The lowest BCUT2D eigenvalue weighted by molar-refractivity contribution is -0.384. The molecule has 0 aromatic heterocycles. The van der Waals surface area contributed by atoms with Gasteiger partial charge in [0.1, 0.15) is 37.3 Å². The fraction of sp³-hybridized carbons (Fsp3) is 0.548. The molecule has 3 N–H and O–H groups in total. The van der Waals surface area contributed by atoms with E-state index in [2.05, 4.69) is 0 Å². The fourth-order valence-corrected chi connectivity index (χ4v) is 4.99. The topological polar surface area (TPSA) is 246 Å². The number of carbonyl (C=O) groups is 6. The highest BCUT2D eigenvalue weighted by Gasteiger charge is 2.63. The first-order chi connectivity index (χ1) is 23.0. The Morgan fingerprint density at radius 2 is 1.35 bits per heavy atom. The third-order valence-electron chi connectivity index (χ3n) is 6.94. The standard InChI is InChI=1S/C31H38O18/c1-15(33)41-13-23-26(43-17(3)35)27(44-18(4)36)28(45-19(5)37)30(46-23)49-31(14-42-16(2)34)29(25(40)22(12-32)48-31)47-24(39)11-8-20-6-9-21(38)10-7-20/h6-11,22-23,25-30,32,38,40H,12-14H2,1-5H3/b11-8+/t22-,23-,25-,26-,27+,28-,29+,30-,31+/m1/s1. The van der Waals surface area contributed by atoms with Crippen molar-refractivity contribution in [3.8, 4) is 5.75 Å². The van der Waals surface area contributed by atoms with E-state index in [1.54, 1.807) is 0 Å². The molecule has 0 amide bonds. The minimum Gasteiger partial charge on any atom is -0.508 e. The molecule has 0 bridgehead atoms. The Balaban J connectivity index is 2.10. The quantitative estimate of drug-likeness (QED) is 0.133. The van der Waals surface area contributed by atoms with Crippen LogP contribution in [0.5, 0.6) is 5.75 Å². The molecular formula is C31H38O18. The molecule has 1 aromatic rings. The summed E-state index contributed by atoms with van der Waals surface area (Å²) in [6.45, 7) is 2.75. The Morgan fingerprint density at radius 1 is 0.776 bits per heavy atom. The van der Waals surface area contributed by atoms with Gasteiger partial charge in [-0.25, -0.2) is 4.79 Å². The third-order valence-corrected chi connectivity index (χ3v) is 6.94. The second-order valence-electron chi connectivity index (χ2n) is 10.9. The van der Waals surface area contributed by atoms with E-state index < -0.39 is 110 Å². The number of carbonyl (C=O) groups excluding carboxylic acids is 6. The summed E-state index contributed by atoms with van der Waals surface area (Å²) in [7, 11) is 0. The molecule has 49 heavy (non-hydrogen) atoms. The van der Waals surface area contributed by atoms with Crippen LogP contribution in [-0.2, 0) is 71.4 Å². The number of hydrogen-bond acceptors (Lipinski definition) is 18. The number of benzene rings is 1. The van der Waals surface area contributed by atoms with E-state index in [4.69, 9.17) is 42.6 Å². The summed E-state index contributed by atoms with van der Waals surface area (Å²) in [4.78, 5) is 73.3. The molecule has 2 saturated heterocycles. The first-order valence-corrected chi connectivity index (χ1v) is 14.8. The lowest BCUT2D eigenvalue weighted by atomic mass is 9.97. The number of aromatic hydroxyl groups is 1. The molecule has 9 atom stereocenters. The SMILES string of the molecule is CC(=O)OC[C@H]1O[C@H](O[C@]2(COC(C)=O)O[C@H](CO)[C@@H](O)[C@@H]2OC(=O)/C=C/c2ccc(O)cc2)[C@H](OC(C)=O)[C@@H](OC(C)=O)[C@@H]1OC(C)=O. The Labute approximate surface area is 279 Å². The normalized spacial score (nSPS) is 29.4. The zero-order valence-electron chi connectivity index (χ0n) is 27.2. The van der Waals surface area contributed by atoms with Crippen LogP contribution >= 0.6 is 0 Å². The molecule has 0 radical (unpaired) electrons. The van der Waals surface area contributed by atoms with E-state index in [1.807, 2.05) is 0 Å². The van der Waals surface area contributed by atoms with Gasteiger partial charge >= 0.3 is 35.8 Å². The van der Waals surface area contributed by atoms with Crippen molar-refractivity contribution in [2.75, 3.05) is 19.8 Å². The molecule has 0 aliphatic carbocycles. The number of aliphatic hydroxyl groups excluding tert-OH is 2. The summed E-state index contributed by atoms with van der Waals surface area (Å²) < 4.78 is 49.8. The van der Waals surface area contributed by atoms with Crippen molar-refractivity contribution < 1.29 is 86.7 Å². The van der Waals surface area contributed by atoms with E-state index in [9.17, 15) is 44.1 Å². The van der Waals surface area contributed by atoms with Crippen molar-refractivity contribution >= 4 is 41.9 Å². The van der Waals surface area contributed by atoms with Crippen LogP contribution in [0, 0.1) is 0 Å². The highest BCUT2D eigenvalue weighted by atomic mass is 16.8. The highest BCUT2D eigenvalue weighted by Crippen LogP contribution is 2.40. The number of ether oxygens (including phenoxy) is 9. The molecule has 0 saturated carbocycles. The van der Waals surface area contributed by atoms with E-state index >= 15 is 0 Å². The molecule has 2 fully saturated rings. The van der Waals surface area contributed by atoms with Crippen LogP contribution in [0.15, 0.2) is 30.3 Å². The van der Waals surface area contributed by atoms with Crippen molar-refractivity contribution in [1.82, 2.24) is 0 Å². The molecule has 0 spiro atoms. The maximum Gasteiger partial charge on any atom is 0.331 e. The van der Waals surface area contributed by atoms with Crippen LogP contribution in [-0.4, -0.2) is 126 Å². The lowest BCUT2D eigenvalue weighted by Gasteiger charge is -2.46. The maximum absolute atomic E-state index is 13.0. The average molecular weight is 699 g/mol. The van der Waals surface area contributed by atoms with Gasteiger partial charge < -0.3 is 58.0 Å². The zero-order valence-corrected chi connectivity index (χ0v) is 27.2. The number of aliphatic hydroxyl groups is 2. The largest absolute Gasteiger partial charge is 0.508 e. The molecule has 270 valence electrons. The van der Waals surface area contributed by atoms with Crippen molar-refractivity contribution in [1.29, 1.82) is 0 Å². The predicted molar refractivity (Wildman–Crippen MR) is 157 cm³/mol. The lowest BCUT2D eigenvalue weighted by Crippen LogP contribution is -2.65. The Hall–Kier alpha value is -4.62. The van der Waals surface area contributed by atoms with Crippen molar-refractivity contribution in [3.63, 3.8) is 0 Å². The van der Waals surface area contributed by atoms with Crippen LogP contribution in [0.1, 0.15) is 40.2 Å². The predicted octanol–water partition coefficient (Wildman–Crippen LogP) is -0.572. The Bertz CT molecular complexity index is 1390. The monoisotopic (exact) mass is 698 g/mol. The molecule has 18 heteroatoms. The number of hydrogen-bond donors (Lipinski definition) is 3. The molecule has 1 aromatic carbocycles. The van der Waals surface area contributed by atoms with Gasteiger partial charge in [-0.3, -0.25) is 24.0 Å². The van der Waals surface area contributed by atoms with E-state index in [-0.39, 0.29) is 5.75 Å². The van der Waals surface area contributed by atoms with Crippen molar-refractivity contribution in [2.45, 2.75) is 89.4 Å². The number of esters is 6. The van der Waals surface area contributed by atoms with Crippen LogP contribution in [0.4, 0.5) is 0 Å². The molecule has 18 nitrogen and oxygen atoms in total. The summed E-state index contributed by atoms with van der Waals surface area (Å²) in [5.74, 6) is -8.03. The molecular weight excluding hydrogens is 660 g/mol.